The molecule has 0 radical (unpaired) electrons. The van der Waals surface area contributed by atoms with Crippen molar-refractivity contribution in [2.45, 2.75) is 45.3 Å². The Bertz CT molecular complexity index is 567. The second-order valence-electron chi connectivity index (χ2n) is 5.62. The van der Waals surface area contributed by atoms with E-state index in [1.165, 1.54) is 0 Å². The number of rotatable bonds is 3. The first-order valence-corrected chi connectivity index (χ1v) is 7.60. The van der Waals surface area contributed by atoms with E-state index in [0.717, 1.165) is 0 Å². The van der Waals surface area contributed by atoms with E-state index in [4.69, 9.17) is 23.2 Å². The maximum absolute atomic E-state index is 12.6. The Morgan fingerprint density at radius 1 is 1.24 bits per heavy atom. The number of amides is 2. The predicted molar refractivity (Wildman–Crippen MR) is 83.3 cm³/mol. The average molecular weight is 329 g/mol. The number of benzene rings is 1. The smallest absolute Gasteiger partial charge is 0.246 e. The lowest BCUT2D eigenvalue weighted by Gasteiger charge is -2.44. The van der Waals surface area contributed by atoms with Gasteiger partial charge in [0.15, 0.2) is 0 Å². The summed E-state index contributed by atoms with van der Waals surface area (Å²) in [5, 5.41) is 3.74. The summed E-state index contributed by atoms with van der Waals surface area (Å²) in [6, 6.07) is 4.70. The second-order valence-corrected chi connectivity index (χ2v) is 6.43. The molecule has 1 saturated heterocycles. The summed E-state index contributed by atoms with van der Waals surface area (Å²) < 4.78 is 0. The van der Waals surface area contributed by atoms with Gasteiger partial charge in [-0.3, -0.25) is 9.59 Å². The van der Waals surface area contributed by atoms with E-state index in [0.29, 0.717) is 22.0 Å². The molecule has 1 fully saturated rings. The standard InChI is InChI=1S/C15H18Cl2N2O2/c1-4-12-13(20)19(15(2,3)14(21)18-12)8-9-10(16)6-5-7-11(9)17/h5-7,12H,4,8H2,1-3H3,(H,18,21). The number of piperazine rings is 1. The van der Waals surface area contributed by atoms with Gasteiger partial charge in [0, 0.05) is 22.2 Å². The van der Waals surface area contributed by atoms with Crippen LogP contribution < -0.4 is 5.32 Å². The van der Waals surface area contributed by atoms with Gasteiger partial charge >= 0.3 is 0 Å². The van der Waals surface area contributed by atoms with Crippen LogP contribution in [0.25, 0.3) is 0 Å². The maximum Gasteiger partial charge on any atom is 0.246 e. The Morgan fingerprint density at radius 2 is 1.81 bits per heavy atom. The topological polar surface area (TPSA) is 49.4 Å². The number of carbonyl (C=O) groups excluding carboxylic acids is 2. The van der Waals surface area contributed by atoms with Crippen molar-refractivity contribution < 1.29 is 9.59 Å². The molecule has 1 aliphatic heterocycles. The summed E-state index contributed by atoms with van der Waals surface area (Å²) in [6.07, 6.45) is 0.549. The minimum absolute atomic E-state index is 0.113. The maximum atomic E-state index is 12.6. The molecule has 0 saturated carbocycles. The van der Waals surface area contributed by atoms with Crippen LogP contribution in [0.3, 0.4) is 0 Å². The zero-order valence-corrected chi connectivity index (χ0v) is 13.8. The fourth-order valence-electron chi connectivity index (χ4n) is 2.38. The van der Waals surface area contributed by atoms with Crippen molar-refractivity contribution in [1.29, 1.82) is 0 Å². The van der Waals surface area contributed by atoms with E-state index >= 15 is 0 Å². The van der Waals surface area contributed by atoms with Crippen molar-refractivity contribution in [2.24, 2.45) is 0 Å². The summed E-state index contributed by atoms with van der Waals surface area (Å²) in [5.74, 6) is -0.282. The van der Waals surface area contributed by atoms with Gasteiger partial charge in [-0.05, 0) is 32.4 Å². The van der Waals surface area contributed by atoms with Gasteiger partial charge < -0.3 is 10.2 Å². The van der Waals surface area contributed by atoms with Crippen LogP contribution in [0.15, 0.2) is 18.2 Å². The summed E-state index contributed by atoms with van der Waals surface area (Å²) >= 11 is 12.3. The van der Waals surface area contributed by atoms with Crippen LogP contribution >= 0.6 is 23.2 Å². The largest absolute Gasteiger partial charge is 0.342 e. The van der Waals surface area contributed by atoms with Crippen LogP contribution in [0.2, 0.25) is 10.0 Å². The second kappa shape index (κ2) is 5.85. The molecule has 0 aliphatic carbocycles. The summed E-state index contributed by atoms with van der Waals surface area (Å²) in [4.78, 5) is 26.3. The highest BCUT2D eigenvalue weighted by Gasteiger charge is 2.45. The lowest BCUT2D eigenvalue weighted by atomic mass is 9.94. The molecule has 1 aromatic rings. The van der Waals surface area contributed by atoms with E-state index in [-0.39, 0.29) is 18.4 Å². The highest BCUT2D eigenvalue weighted by atomic mass is 35.5. The fraction of sp³-hybridized carbons (Fsp3) is 0.467. The molecule has 1 heterocycles. The van der Waals surface area contributed by atoms with Crippen LogP contribution in [-0.2, 0) is 16.1 Å². The van der Waals surface area contributed by atoms with Gasteiger partial charge in [-0.2, -0.15) is 0 Å². The lowest BCUT2D eigenvalue weighted by Crippen LogP contribution is -2.67. The van der Waals surface area contributed by atoms with Gasteiger partial charge in [-0.1, -0.05) is 36.2 Å². The number of hydrogen-bond donors (Lipinski definition) is 1. The van der Waals surface area contributed by atoms with E-state index in [9.17, 15) is 9.59 Å². The van der Waals surface area contributed by atoms with Gasteiger partial charge in [0.1, 0.15) is 11.6 Å². The molecule has 114 valence electrons. The molecular formula is C15H18Cl2N2O2. The fourth-order valence-corrected chi connectivity index (χ4v) is 2.89. The third kappa shape index (κ3) is 2.87. The van der Waals surface area contributed by atoms with Crippen molar-refractivity contribution in [2.75, 3.05) is 0 Å². The Balaban J connectivity index is 2.39. The van der Waals surface area contributed by atoms with Crippen LogP contribution in [0.1, 0.15) is 32.8 Å². The molecule has 1 unspecified atom stereocenters. The average Bonchev–Trinajstić information content (AvgIpc) is 2.42. The first kappa shape index (κ1) is 16.1. The molecule has 2 rings (SSSR count). The van der Waals surface area contributed by atoms with Crippen LogP contribution in [0.4, 0.5) is 0 Å². The van der Waals surface area contributed by atoms with E-state index in [1.807, 2.05) is 6.92 Å². The molecular weight excluding hydrogens is 311 g/mol. The van der Waals surface area contributed by atoms with Crippen molar-refractivity contribution in [3.8, 4) is 0 Å². The molecule has 4 nitrogen and oxygen atoms in total. The quantitative estimate of drug-likeness (QED) is 0.927. The molecule has 6 heteroatoms. The highest BCUT2D eigenvalue weighted by molar-refractivity contribution is 6.36. The number of hydrogen-bond acceptors (Lipinski definition) is 2. The normalized spacial score (nSPS) is 21.4. The Morgan fingerprint density at radius 3 is 2.33 bits per heavy atom. The zero-order chi connectivity index (χ0) is 15.8. The molecule has 1 N–H and O–H groups in total. The van der Waals surface area contributed by atoms with Crippen molar-refractivity contribution in [3.63, 3.8) is 0 Å². The summed E-state index contributed by atoms with van der Waals surface area (Å²) in [5.41, 5.74) is -0.280. The molecule has 1 aliphatic rings. The van der Waals surface area contributed by atoms with Crippen LogP contribution in [-0.4, -0.2) is 28.3 Å². The van der Waals surface area contributed by atoms with Gasteiger partial charge in [0.25, 0.3) is 0 Å². The van der Waals surface area contributed by atoms with Gasteiger partial charge in [-0.25, -0.2) is 0 Å². The van der Waals surface area contributed by atoms with Crippen molar-refractivity contribution in [3.05, 3.63) is 33.8 Å². The summed E-state index contributed by atoms with van der Waals surface area (Å²) in [6.45, 7) is 5.52. The van der Waals surface area contributed by atoms with E-state index in [2.05, 4.69) is 5.32 Å². The first-order valence-electron chi connectivity index (χ1n) is 6.84. The van der Waals surface area contributed by atoms with Crippen molar-refractivity contribution in [1.82, 2.24) is 10.2 Å². The Hall–Kier alpha value is -1.26. The van der Waals surface area contributed by atoms with Gasteiger partial charge in [0.05, 0.1) is 0 Å². The van der Waals surface area contributed by atoms with Gasteiger partial charge in [0.2, 0.25) is 11.8 Å². The minimum Gasteiger partial charge on any atom is -0.342 e. The molecule has 1 atom stereocenters. The zero-order valence-electron chi connectivity index (χ0n) is 12.2. The predicted octanol–water partition coefficient (Wildman–Crippen LogP) is 3.01. The third-order valence-electron chi connectivity index (χ3n) is 3.89. The number of nitrogens with one attached hydrogen (secondary N) is 1. The van der Waals surface area contributed by atoms with Crippen LogP contribution in [0, 0.1) is 0 Å². The number of halogens is 2. The Labute approximate surface area is 134 Å². The minimum atomic E-state index is -0.939. The first-order chi connectivity index (χ1) is 9.78. The lowest BCUT2D eigenvalue weighted by molar-refractivity contribution is -0.156. The number of carbonyl (C=O) groups is 2. The monoisotopic (exact) mass is 328 g/mol. The molecule has 0 spiro atoms. The van der Waals surface area contributed by atoms with Crippen LogP contribution in [0.5, 0.6) is 0 Å². The van der Waals surface area contributed by atoms with Crippen molar-refractivity contribution >= 4 is 35.0 Å². The molecule has 0 bridgehead atoms. The molecule has 1 aromatic carbocycles. The molecule has 2 amide bonds. The third-order valence-corrected chi connectivity index (χ3v) is 4.59. The highest BCUT2D eigenvalue weighted by Crippen LogP contribution is 2.30. The Kier molecular flexibility index (Phi) is 4.49. The summed E-state index contributed by atoms with van der Waals surface area (Å²) in [7, 11) is 0. The van der Waals surface area contributed by atoms with Gasteiger partial charge in [-0.15, -0.1) is 0 Å². The molecule has 0 aromatic heterocycles. The number of nitrogens with zero attached hydrogens (tertiary/aromatic N) is 1. The SMILES string of the molecule is CCC1NC(=O)C(C)(C)N(Cc2c(Cl)cccc2Cl)C1=O. The van der Waals surface area contributed by atoms with E-state index in [1.54, 1.807) is 36.9 Å². The molecule has 21 heavy (non-hydrogen) atoms. The van der Waals surface area contributed by atoms with E-state index < -0.39 is 11.6 Å².